The van der Waals surface area contributed by atoms with E-state index in [1.807, 2.05) is 18.5 Å². The van der Waals surface area contributed by atoms with Crippen molar-refractivity contribution in [1.82, 2.24) is 15.0 Å². The van der Waals surface area contributed by atoms with E-state index < -0.39 is 0 Å². The summed E-state index contributed by atoms with van der Waals surface area (Å²) in [5.74, 6) is 3.86. The number of hydrogen-bond donors (Lipinski definition) is 2. The first-order chi connectivity index (χ1) is 19.0. The van der Waals surface area contributed by atoms with Gasteiger partial charge in [-0.1, -0.05) is 18.7 Å². The Morgan fingerprint density at radius 1 is 1.18 bits per heavy atom. The van der Waals surface area contributed by atoms with Crippen LogP contribution in [0.3, 0.4) is 0 Å². The van der Waals surface area contributed by atoms with Gasteiger partial charge in [-0.05, 0) is 68.3 Å². The minimum atomic E-state index is -0.141. The zero-order valence-corrected chi connectivity index (χ0v) is 23.6. The van der Waals surface area contributed by atoms with Crippen molar-refractivity contribution in [3.8, 4) is 5.75 Å². The number of aliphatic hydroxyl groups is 1. The lowest BCUT2D eigenvalue weighted by atomic mass is 9.73. The number of nitrogens with zero attached hydrogens (tertiary/aromatic N) is 5. The van der Waals surface area contributed by atoms with Crippen LogP contribution in [0.2, 0.25) is 0 Å². The molecule has 39 heavy (non-hydrogen) atoms. The molecule has 5 aliphatic rings. The predicted octanol–water partition coefficient (Wildman–Crippen LogP) is 3.63. The van der Waals surface area contributed by atoms with Gasteiger partial charge >= 0.3 is 0 Å². The second-order valence-electron chi connectivity index (χ2n) is 12.3. The number of fused-ring (bicyclic) bond motifs is 3. The molecule has 2 aromatic rings. The maximum absolute atomic E-state index is 10.2. The highest BCUT2D eigenvalue weighted by atomic mass is 32.2. The Balaban J connectivity index is 1.05. The van der Waals surface area contributed by atoms with E-state index in [0.717, 1.165) is 78.7 Å². The lowest BCUT2D eigenvalue weighted by Gasteiger charge is -2.43. The fraction of sp³-hybridized carbons (Fsp3) is 0.690. The molecule has 9 nitrogen and oxygen atoms in total. The summed E-state index contributed by atoms with van der Waals surface area (Å²) in [7, 11) is 0. The van der Waals surface area contributed by atoms with Crippen LogP contribution in [-0.4, -0.2) is 71.1 Å². The molecule has 0 amide bonds. The summed E-state index contributed by atoms with van der Waals surface area (Å²) in [6.07, 6.45) is 12.1. The number of aliphatic hydroxyl groups excluding tert-OH is 1. The first-order valence-corrected chi connectivity index (χ1v) is 15.5. The van der Waals surface area contributed by atoms with E-state index in [9.17, 15) is 5.11 Å². The van der Waals surface area contributed by atoms with Crippen LogP contribution in [0.4, 0.5) is 11.6 Å². The van der Waals surface area contributed by atoms with Crippen LogP contribution in [0.5, 0.6) is 5.75 Å². The molecule has 7 rings (SSSR count). The normalized spacial score (nSPS) is 29.4. The van der Waals surface area contributed by atoms with Gasteiger partial charge in [-0.15, -0.1) is 0 Å². The maximum Gasteiger partial charge on any atom is 0.175 e. The van der Waals surface area contributed by atoms with Gasteiger partial charge in [0.1, 0.15) is 17.3 Å². The van der Waals surface area contributed by atoms with Crippen molar-refractivity contribution < 1.29 is 14.6 Å². The summed E-state index contributed by atoms with van der Waals surface area (Å²) in [6, 6.07) is 2.57. The SMILES string of the molecule is C[C@@H]1CCC2(CCN(c3ncc(Sc4ccnc5c4OC[C@@H]4C[C@H](OCC6CC6)CN54)nc3CO)CC2)[C@@H]1N. The molecule has 1 spiro atoms. The third kappa shape index (κ3) is 4.87. The molecule has 0 aromatic carbocycles. The second kappa shape index (κ2) is 10.4. The molecule has 2 aromatic heterocycles. The average Bonchev–Trinajstić information content (AvgIpc) is 3.64. The number of piperidine rings is 1. The molecule has 2 saturated carbocycles. The number of pyridine rings is 1. The van der Waals surface area contributed by atoms with Crippen molar-refractivity contribution in [3.63, 3.8) is 0 Å². The van der Waals surface area contributed by atoms with Gasteiger partial charge in [0.25, 0.3) is 0 Å². The summed E-state index contributed by atoms with van der Waals surface area (Å²) in [6.45, 7) is 6.34. The number of rotatable bonds is 7. The number of ether oxygens (including phenoxy) is 2. The van der Waals surface area contributed by atoms with Crippen LogP contribution in [-0.2, 0) is 11.3 Å². The summed E-state index contributed by atoms with van der Waals surface area (Å²) in [4.78, 5) is 19.9. The van der Waals surface area contributed by atoms with Crippen LogP contribution in [0.25, 0.3) is 0 Å². The number of nitrogens with two attached hydrogens (primary N) is 1. The molecule has 0 unspecified atom stereocenters. The average molecular weight is 553 g/mol. The molecule has 3 N–H and O–H groups in total. The first-order valence-electron chi connectivity index (χ1n) is 14.7. The zero-order valence-electron chi connectivity index (χ0n) is 22.8. The smallest absolute Gasteiger partial charge is 0.175 e. The largest absolute Gasteiger partial charge is 0.486 e. The van der Waals surface area contributed by atoms with E-state index in [1.54, 1.807) is 0 Å². The molecular weight excluding hydrogens is 512 g/mol. The van der Waals surface area contributed by atoms with E-state index in [1.165, 1.54) is 37.4 Å². The zero-order chi connectivity index (χ0) is 26.6. The van der Waals surface area contributed by atoms with Crippen LogP contribution in [0, 0.1) is 17.3 Å². The van der Waals surface area contributed by atoms with Crippen molar-refractivity contribution in [3.05, 3.63) is 24.2 Å². The third-order valence-corrected chi connectivity index (χ3v) is 10.8. The standard InChI is InChI=1S/C29H40N6O3S/c1-18-4-6-29(26(18)30)7-10-34(11-8-29)27-22(15-36)33-24(13-32-27)39-23-5-9-31-28-25(23)38-17-20-12-21(14-35(20)28)37-16-19-2-3-19/h5,9,13,18-21,26,36H,2-4,6-8,10-12,14-17,30H2,1H3/t18-,20+,21+,26-/m1/s1. The lowest BCUT2D eigenvalue weighted by Crippen LogP contribution is -2.48. The van der Waals surface area contributed by atoms with Crippen LogP contribution >= 0.6 is 11.8 Å². The second-order valence-corrected chi connectivity index (χ2v) is 13.4. The van der Waals surface area contributed by atoms with Crippen LogP contribution in [0.15, 0.2) is 28.4 Å². The van der Waals surface area contributed by atoms with Gasteiger partial charge in [0.15, 0.2) is 17.4 Å². The fourth-order valence-electron chi connectivity index (χ4n) is 7.14. The molecule has 3 aliphatic heterocycles. The minimum absolute atomic E-state index is 0.141. The van der Waals surface area contributed by atoms with Gasteiger partial charge in [-0.3, -0.25) is 0 Å². The van der Waals surface area contributed by atoms with Crippen LogP contribution in [0.1, 0.15) is 57.6 Å². The van der Waals surface area contributed by atoms with Crippen molar-refractivity contribution in [1.29, 1.82) is 0 Å². The molecule has 10 heteroatoms. The molecule has 2 aliphatic carbocycles. The molecule has 210 valence electrons. The quantitative estimate of drug-likeness (QED) is 0.528. The van der Waals surface area contributed by atoms with Crippen molar-refractivity contribution >= 4 is 23.4 Å². The lowest BCUT2D eigenvalue weighted by molar-refractivity contribution is 0.0575. The van der Waals surface area contributed by atoms with E-state index >= 15 is 0 Å². The number of hydrogen-bond acceptors (Lipinski definition) is 10. The molecule has 0 bridgehead atoms. The fourth-order valence-corrected chi connectivity index (χ4v) is 7.99. The molecule has 4 atom stereocenters. The summed E-state index contributed by atoms with van der Waals surface area (Å²) in [5, 5.41) is 11.0. The van der Waals surface area contributed by atoms with E-state index in [2.05, 4.69) is 16.7 Å². The minimum Gasteiger partial charge on any atom is -0.486 e. The molecule has 5 heterocycles. The van der Waals surface area contributed by atoms with Gasteiger partial charge in [0.2, 0.25) is 0 Å². The van der Waals surface area contributed by atoms with E-state index in [4.69, 9.17) is 30.2 Å². The van der Waals surface area contributed by atoms with Crippen LogP contribution < -0.4 is 20.3 Å². The highest BCUT2D eigenvalue weighted by Gasteiger charge is 2.46. The highest BCUT2D eigenvalue weighted by Crippen LogP contribution is 2.49. The maximum atomic E-state index is 10.2. The Morgan fingerprint density at radius 3 is 2.77 bits per heavy atom. The number of aromatic nitrogens is 3. The monoisotopic (exact) mass is 552 g/mol. The Kier molecular flexibility index (Phi) is 6.85. The summed E-state index contributed by atoms with van der Waals surface area (Å²) in [5.41, 5.74) is 7.50. The molecule has 0 radical (unpaired) electrons. The number of anilines is 2. The molecule has 2 saturated heterocycles. The van der Waals surface area contributed by atoms with Gasteiger partial charge < -0.3 is 30.1 Å². The Labute approximate surface area is 234 Å². The topological polar surface area (TPSA) is 110 Å². The Hall–Kier alpha value is -2.14. The van der Waals surface area contributed by atoms with Gasteiger partial charge in [-0.25, -0.2) is 15.0 Å². The summed E-state index contributed by atoms with van der Waals surface area (Å²) >= 11 is 1.52. The van der Waals surface area contributed by atoms with E-state index in [-0.39, 0.29) is 24.2 Å². The van der Waals surface area contributed by atoms with Gasteiger partial charge in [0, 0.05) is 38.5 Å². The van der Waals surface area contributed by atoms with Gasteiger partial charge in [0.05, 0.1) is 29.8 Å². The van der Waals surface area contributed by atoms with Crippen molar-refractivity contribution in [2.45, 2.75) is 86.6 Å². The van der Waals surface area contributed by atoms with E-state index in [0.29, 0.717) is 24.3 Å². The molecule has 4 fully saturated rings. The first kappa shape index (κ1) is 25.8. The Morgan fingerprint density at radius 2 is 2.03 bits per heavy atom. The van der Waals surface area contributed by atoms with Gasteiger partial charge in [-0.2, -0.15) is 0 Å². The predicted molar refractivity (Wildman–Crippen MR) is 150 cm³/mol. The third-order valence-electron chi connectivity index (χ3n) is 9.82. The highest BCUT2D eigenvalue weighted by molar-refractivity contribution is 7.99. The summed E-state index contributed by atoms with van der Waals surface area (Å²) < 4.78 is 12.5. The van der Waals surface area contributed by atoms with Crippen molar-refractivity contribution in [2.24, 2.45) is 23.0 Å². The molecular formula is C29H40N6O3S. The van der Waals surface area contributed by atoms with Crippen molar-refractivity contribution in [2.75, 3.05) is 42.6 Å². The Bertz CT molecular complexity index is 1200.